The van der Waals surface area contributed by atoms with Crippen LogP contribution in [0.25, 0.3) is 0 Å². The van der Waals surface area contributed by atoms with Crippen molar-refractivity contribution < 1.29 is 4.79 Å². The Morgan fingerprint density at radius 2 is 2.00 bits per heavy atom. The quantitative estimate of drug-likeness (QED) is 0.778. The molecule has 0 atom stereocenters. The lowest BCUT2D eigenvalue weighted by Crippen LogP contribution is -2.31. The van der Waals surface area contributed by atoms with Crippen LogP contribution in [-0.4, -0.2) is 36.6 Å². The Hall–Kier alpha value is -1.62. The molecule has 0 saturated heterocycles. The summed E-state index contributed by atoms with van der Waals surface area (Å²) < 4.78 is 0. The number of nitrogens with one attached hydrogen (secondary N) is 3. The Kier molecular flexibility index (Phi) is 5.77. The van der Waals surface area contributed by atoms with Gasteiger partial charge in [0.15, 0.2) is 0 Å². The van der Waals surface area contributed by atoms with E-state index in [0.29, 0.717) is 17.3 Å². The highest BCUT2D eigenvalue weighted by molar-refractivity contribution is 5.99. The number of hydrogen-bond donors (Lipinski definition) is 3. The minimum absolute atomic E-state index is 0.0474. The number of anilines is 1. The van der Waals surface area contributed by atoms with Crippen molar-refractivity contribution in [2.45, 2.75) is 46.6 Å². The molecule has 5 nitrogen and oxygen atoms in total. The highest BCUT2D eigenvalue weighted by Gasteiger charge is 2.19. The number of rotatable bonds is 5. The van der Waals surface area contributed by atoms with Crippen LogP contribution in [0.5, 0.6) is 0 Å². The maximum absolute atomic E-state index is 12.5. The predicted molar refractivity (Wildman–Crippen MR) is 90.4 cm³/mol. The van der Waals surface area contributed by atoms with E-state index in [1.54, 1.807) is 0 Å². The molecule has 0 fully saturated rings. The number of fused-ring (bicyclic) bond motifs is 1. The van der Waals surface area contributed by atoms with Gasteiger partial charge >= 0.3 is 0 Å². The second-order valence-electron chi connectivity index (χ2n) is 6.64. The minimum atomic E-state index is -0.0474. The van der Waals surface area contributed by atoms with Crippen LogP contribution in [0.2, 0.25) is 0 Å². The fourth-order valence-electron chi connectivity index (χ4n) is 2.53. The topological polar surface area (TPSA) is 66.0 Å². The average Bonchev–Trinajstić information content (AvgIpc) is 2.67. The third-order valence-electron chi connectivity index (χ3n) is 3.64. The Morgan fingerprint density at radius 1 is 1.27 bits per heavy atom. The summed E-state index contributed by atoms with van der Waals surface area (Å²) in [5, 5.41) is 9.70. The van der Waals surface area contributed by atoms with E-state index in [0.717, 1.165) is 38.2 Å². The molecule has 22 heavy (non-hydrogen) atoms. The third kappa shape index (κ3) is 4.44. The van der Waals surface area contributed by atoms with Gasteiger partial charge in [-0.05, 0) is 44.4 Å². The first-order valence-corrected chi connectivity index (χ1v) is 8.25. The first-order valence-electron chi connectivity index (χ1n) is 8.25. The standard InChI is InChI=1S/C17H28N4O/c1-11(2)10-19-16-14(17(22)20-12(3)4)9-13-5-7-18-8-6-15(13)21-16/h9,11-12,18H,5-8,10H2,1-4H3,(H,19,21)(H,20,22). The van der Waals surface area contributed by atoms with E-state index in [9.17, 15) is 4.79 Å². The average molecular weight is 304 g/mol. The van der Waals surface area contributed by atoms with Crippen molar-refractivity contribution in [3.05, 3.63) is 22.9 Å². The van der Waals surface area contributed by atoms with Crippen LogP contribution in [0.15, 0.2) is 6.07 Å². The lowest BCUT2D eigenvalue weighted by atomic mass is 10.0. The van der Waals surface area contributed by atoms with Gasteiger partial charge < -0.3 is 16.0 Å². The van der Waals surface area contributed by atoms with Crippen molar-refractivity contribution in [1.29, 1.82) is 0 Å². The van der Waals surface area contributed by atoms with Crippen molar-refractivity contribution in [3.63, 3.8) is 0 Å². The summed E-state index contributed by atoms with van der Waals surface area (Å²) in [4.78, 5) is 17.2. The zero-order valence-corrected chi connectivity index (χ0v) is 14.1. The number of amides is 1. The zero-order valence-electron chi connectivity index (χ0n) is 14.1. The summed E-state index contributed by atoms with van der Waals surface area (Å²) in [7, 11) is 0. The van der Waals surface area contributed by atoms with Crippen LogP contribution in [0.1, 0.15) is 49.3 Å². The number of carbonyl (C=O) groups is 1. The second-order valence-corrected chi connectivity index (χ2v) is 6.64. The molecule has 0 bridgehead atoms. The molecule has 122 valence electrons. The van der Waals surface area contributed by atoms with Gasteiger partial charge in [0, 0.05) is 31.2 Å². The van der Waals surface area contributed by atoms with E-state index in [-0.39, 0.29) is 11.9 Å². The number of pyridine rings is 1. The SMILES string of the molecule is CC(C)CNc1nc2c(cc1C(=O)NC(C)C)CCNCC2. The summed E-state index contributed by atoms with van der Waals surface area (Å²) in [5.41, 5.74) is 2.96. The fraction of sp³-hybridized carbons (Fsp3) is 0.647. The Balaban J connectivity index is 2.34. The highest BCUT2D eigenvalue weighted by Crippen LogP contribution is 2.21. The van der Waals surface area contributed by atoms with Crippen LogP contribution < -0.4 is 16.0 Å². The van der Waals surface area contributed by atoms with Gasteiger partial charge in [0.25, 0.3) is 5.91 Å². The largest absolute Gasteiger partial charge is 0.369 e. The molecule has 5 heteroatoms. The normalized spacial score (nSPS) is 14.6. The molecule has 3 N–H and O–H groups in total. The lowest BCUT2D eigenvalue weighted by Gasteiger charge is -2.17. The van der Waals surface area contributed by atoms with Gasteiger partial charge in [-0.25, -0.2) is 4.98 Å². The summed E-state index contributed by atoms with van der Waals surface area (Å²) in [6, 6.07) is 2.14. The maximum atomic E-state index is 12.5. The van der Waals surface area contributed by atoms with E-state index in [1.165, 1.54) is 5.56 Å². The molecular weight excluding hydrogens is 276 g/mol. The summed E-state index contributed by atoms with van der Waals surface area (Å²) in [5.74, 6) is 1.17. The van der Waals surface area contributed by atoms with Gasteiger partial charge in [-0.3, -0.25) is 4.79 Å². The van der Waals surface area contributed by atoms with Crippen LogP contribution >= 0.6 is 0 Å². The fourth-order valence-corrected chi connectivity index (χ4v) is 2.53. The Morgan fingerprint density at radius 3 is 2.68 bits per heavy atom. The molecule has 0 radical (unpaired) electrons. The molecule has 1 aliphatic heterocycles. The lowest BCUT2D eigenvalue weighted by molar-refractivity contribution is 0.0943. The van der Waals surface area contributed by atoms with Crippen molar-refractivity contribution in [1.82, 2.24) is 15.6 Å². The van der Waals surface area contributed by atoms with E-state index in [4.69, 9.17) is 4.98 Å². The number of carbonyl (C=O) groups excluding carboxylic acids is 1. The predicted octanol–water partition coefficient (Wildman–Crippen LogP) is 1.98. The molecule has 1 aromatic heterocycles. The third-order valence-corrected chi connectivity index (χ3v) is 3.64. The molecule has 0 aromatic carbocycles. The van der Waals surface area contributed by atoms with Crippen molar-refractivity contribution in [3.8, 4) is 0 Å². The van der Waals surface area contributed by atoms with Gasteiger partial charge in [-0.15, -0.1) is 0 Å². The van der Waals surface area contributed by atoms with Gasteiger partial charge in [-0.2, -0.15) is 0 Å². The van der Waals surface area contributed by atoms with Crippen LogP contribution in [0.3, 0.4) is 0 Å². The van der Waals surface area contributed by atoms with Gasteiger partial charge in [0.1, 0.15) is 5.82 Å². The van der Waals surface area contributed by atoms with Gasteiger partial charge in [0.05, 0.1) is 5.56 Å². The van der Waals surface area contributed by atoms with E-state index in [1.807, 2.05) is 19.9 Å². The van der Waals surface area contributed by atoms with E-state index < -0.39 is 0 Å². The van der Waals surface area contributed by atoms with Crippen LogP contribution in [0, 0.1) is 5.92 Å². The molecule has 1 aromatic rings. The molecular formula is C17H28N4O. The maximum Gasteiger partial charge on any atom is 0.255 e. The minimum Gasteiger partial charge on any atom is -0.369 e. The molecule has 1 aliphatic rings. The van der Waals surface area contributed by atoms with Crippen molar-refractivity contribution in [2.75, 3.05) is 25.0 Å². The smallest absolute Gasteiger partial charge is 0.255 e. The monoisotopic (exact) mass is 304 g/mol. The molecule has 0 saturated carbocycles. The zero-order chi connectivity index (χ0) is 16.1. The van der Waals surface area contributed by atoms with E-state index in [2.05, 4.69) is 29.8 Å². The molecule has 0 aliphatic carbocycles. The van der Waals surface area contributed by atoms with Gasteiger partial charge in [0.2, 0.25) is 0 Å². The summed E-state index contributed by atoms with van der Waals surface area (Å²) >= 11 is 0. The van der Waals surface area contributed by atoms with Gasteiger partial charge in [-0.1, -0.05) is 13.8 Å². The second kappa shape index (κ2) is 7.58. The van der Waals surface area contributed by atoms with E-state index >= 15 is 0 Å². The van der Waals surface area contributed by atoms with Crippen molar-refractivity contribution >= 4 is 11.7 Å². The first-order chi connectivity index (χ1) is 10.5. The Labute approximate surface area is 133 Å². The van der Waals surface area contributed by atoms with Crippen LogP contribution in [0.4, 0.5) is 5.82 Å². The number of hydrogen-bond acceptors (Lipinski definition) is 4. The number of nitrogens with zero attached hydrogens (tertiary/aromatic N) is 1. The first kappa shape index (κ1) is 16.7. The van der Waals surface area contributed by atoms with Crippen LogP contribution in [-0.2, 0) is 12.8 Å². The summed E-state index contributed by atoms with van der Waals surface area (Å²) in [6.45, 7) is 10.9. The Bertz CT molecular complexity index is 526. The number of aromatic nitrogens is 1. The molecule has 1 amide bonds. The summed E-state index contributed by atoms with van der Waals surface area (Å²) in [6.07, 6.45) is 1.84. The molecule has 0 unspecified atom stereocenters. The molecule has 0 spiro atoms. The molecule has 2 heterocycles. The molecule has 2 rings (SSSR count). The highest BCUT2D eigenvalue weighted by atomic mass is 16.1. The van der Waals surface area contributed by atoms with Crippen molar-refractivity contribution in [2.24, 2.45) is 5.92 Å².